The van der Waals surface area contributed by atoms with Crippen LogP contribution in [0.25, 0.3) is 0 Å². The number of unbranched alkanes of at least 4 members (excludes halogenated alkanes) is 14. The van der Waals surface area contributed by atoms with Crippen molar-refractivity contribution in [1.82, 2.24) is 4.98 Å². The van der Waals surface area contributed by atoms with E-state index in [2.05, 4.69) is 72.5 Å². The fraction of sp³-hybridized carbons (Fsp3) is 0.719. The minimum absolute atomic E-state index is 0.608. The van der Waals surface area contributed by atoms with Gasteiger partial charge in [0.25, 0.3) is 0 Å². The van der Waals surface area contributed by atoms with Crippen LogP contribution in [0.15, 0.2) is 49.1 Å². The summed E-state index contributed by atoms with van der Waals surface area (Å²) in [5.41, 5.74) is 1.50. The Labute approximate surface area is 212 Å². The van der Waals surface area contributed by atoms with Gasteiger partial charge in [-0.15, -0.1) is 0 Å². The van der Waals surface area contributed by atoms with E-state index >= 15 is 0 Å². The third kappa shape index (κ3) is 12.8. The first-order chi connectivity index (χ1) is 16.8. The Balaban J connectivity index is 1.87. The highest BCUT2D eigenvalue weighted by molar-refractivity contribution is 5.15. The van der Waals surface area contributed by atoms with E-state index in [0.717, 1.165) is 0 Å². The van der Waals surface area contributed by atoms with Gasteiger partial charge < -0.3 is 0 Å². The summed E-state index contributed by atoms with van der Waals surface area (Å²) in [4.78, 5) is 3.32. The van der Waals surface area contributed by atoms with Crippen LogP contribution in [-0.2, 0) is 6.42 Å². The molecule has 0 aliphatic heterocycles. The second kappa shape index (κ2) is 19.7. The van der Waals surface area contributed by atoms with Crippen LogP contribution in [0, 0.1) is 5.92 Å². The molecule has 34 heavy (non-hydrogen) atoms. The van der Waals surface area contributed by atoms with Crippen molar-refractivity contribution in [3.63, 3.8) is 0 Å². The molecule has 0 fully saturated rings. The van der Waals surface area contributed by atoms with E-state index in [1.165, 1.54) is 128 Å². The van der Waals surface area contributed by atoms with Crippen molar-refractivity contribution in [2.24, 2.45) is 5.92 Å². The Morgan fingerprint density at radius 3 is 1.71 bits per heavy atom. The maximum absolute atomic E-state index is 3.32. The van der Waals surface area contributed by atoms with E-state index in [-0.39, 0.29) is 0 Å². The number of nitrogens with zero attached hydrogens (tertiary/aromatic N) is 1. The van der Waals surface area contributed by atoms with Crippen molar-refractivity contribution >= 4 is 0 Å². The zero-order chi connectivity index (χ0) is 24.1. The van der Waals surface area contributed by atoms with Crippen LogP contribution in [0.3, 0.4) is 0 Å². The molecular formula is C32H55N2+. The van der Waals surface area contributed by atoms with Gasteiger partial charge in [0.15, 0.2) is 0 Å². The van der Waals surface area contributed by atoms with Gasteiger partial charge in [-0.3, -0.25) is 4.98 Å². The van der Waals surface area contributed by atoms with Gasteiger partial charge in [-0.1, -0.05) is 140 Å². The summed E-state index contributed by atoms with van der Waals surface area (Å²) in [6.45, 7) is 4.61. The van der Waals surface area contributed by atoms with Gasteiger partial charge in [0, 0.05) is 5.92 Å². The van der Waals surface area contributed by atoms with E-state index in [0.29, 0.717) is 12.0 Å². The number of hydrogen-bond donors (Lipinski definition) is 1. The fourth-order valence-electron chi connectivity index (χ4n) is 5.51. The Hall–Kier alpha value is -1.57. The molecule has 1 heterocycles. The first kappa shape index (κ1) is 28.7. The van der Waals surface area contributed by atoms with Crippen LogP contribution in [0.1, 0.15) is 141 Å². The molecule has 2 rings (SSSR count). The predicted octanol–water partition coefficient (Wildman–Crippen LogP) is 9.76. The fourth-order valence-corrected chi connectivity index (χ4v) is 5.51. The minimum Gasteiger partial charge on any atom is -0.250 e. The largest absolute Gasteiger partial charge is 0.250 e. The number of hydrogen-bond acceptors (Lipinski definition) is 0. The lowest BCUT2D eigenvalue weighted by Gasteiger charge is -2.25. The van der Waals surface area contributed by atoms with Gasteiger partial charge in [-0.25, -0.2) is 4.57 Å². The van der Waals surface area contributed by atoms with E-state index in [9.17, 15) is 0 Å². The second-order valence-electron chi connectivity index (χ2n) is 10.6. The Kier molecular flexibility index (Phi) is 16.6. The zero-order valence-electron chi connectivity index (χ0n) is 22.7. The quantitative estimate of drug-likeness (QED) is 0.131. The van der Waals surface area contributed by atoms with Crippen molar-refractivity contribution in [2.45, 2.75) is 142 Å². The van der Waals surface area contributed by atoms with Gasteiger partial charge >= 0.3 is 0 Å². The molecule has 0 radical (unpaired) electrons. The summed E-state index contributed by atoms with van der Waals surface area (Å²) in [5, 5.41) is 0. The van der Waals surface area contributed by atoms with Crippen LogP contribution in [0.2, 0.25) is 0 Å². The summed E-state index contributed by atoms with van der Waals surface area (Å²) in [5.74, 6) is 0.716. The van der Waals surface area contributed by atoms with E-state index < -0.39 is 0 Å². The number of nitrogens with one attached hydrogen (secondary N) is 1. The lowest BCUT2D eigenvalue weighted by molar-refractivity contribution is -0.730. The molecule has 0 spiro atoms. The van der Waals surface area contributed by atoms with Gasteiger partial charge in [-0.2, -0.15) is 0 Å². The highest BCUT2D eigenvalue weighted by Crippen LogP contribution is 2.29. The average Bonchev–Trinajstić information content (AvgIpc) is 3.39. The number of aromatic nitrogens is 2. The predicted molar refractivity (Wildman–Crippen MR) is 148 cm³/mol. The minimum atomic E-state index is 0.608. The first-order valence-corrected chi connectivity index (χ1v) is 14.9. The molecule has 2 atom stereocenters. The Bertz CT molecular complexity index is 664. The normalized spacial score (nSPS) is 13.2. The standard InChI is InChI=1S/C32H54N2/c1-3-5-7-9-11-13-15-20-24-31(28-30-22-18-17-19-23-30)32(34-27-26-33-29-34)25-21-16-14-12-10-8-6-4-2/h17-19,22-23,26-27,29,31-32H,3-16,20-21,24-25,28H2,1-2H3/p+1. The highest BCUT2D eigenvalue weighted by atomic mass is 15.1. The lowest BCUT2D eigenvalue weighted by Crippen LogP contribution is -2.42. The Morgan fingerprint density at radius 1 is 0.647 bits per heavy atom. The van der Waals surface area contributed by atoms with Crippen molar-refractivity contribution in [3.8, 4) is 0 Å². The molecule has 2 heteroatoms. The summed E-state index contributed by atoms with van der Waals surface area (Å²) in [6.07, 6.45) is 32.9. The molecule has 1 N–H and O–H groups in total. The number of aromatic amines is 1. The van der Waals surface area contributed by atoms with Crippen molar-refractivity contribution in [1.29, 1.82) is 0 Å². The summed E-state index contributed by atoms with van der Waals surface area (Å²) >= 11 is 0. The number of H-pyrrole nitrogens is 1. The van der Waals surface area contributed by atoms with Gasteiger partial charge in [0.05, 0.1) is 0 Å². The topological polar surface area (TPSA) is 19.7 Å². The second-order valence-corrected chi connectivity index (χ2v) is 10.6. The average molecular weight is 468 g/mol. The molecule has 0 saturated carbocycles. The van der Waals surface area contributed by atoms with Crippen LogP contribution < -0.4 is 4.57 Å². The smallest absolute Gasteiger partial charge is 0.241 e. The molecule has 2 unspecified atom stereocenters. The SMILES string of the molecule is CCCCCCCCCCC(Cc1ccccc1)C(CCCCCCCCCC)[n+]1cc[nH]c1. The molecule has 1 aromatic heterocycles. The van der Waals surface area contributed by atoms with Gasteiger partial charge in [0.1, 0.15) is 18.4 Å². The third-order valence-corrected chi connectivity index (χ3v) is 7.62. The maximum atomic E-state index is 3.32. The van der Waals surface area contributed by atoms with E-state index in [1.807, 2.05) is 0 Å². The molecule has 1 aromatic carbocycles. The monoisotopic (exact) mass is 467 g/mol. The molecule has 0 bridgehead atoms. The van der Waals surface area contributed by atoms with Crippen LogP contribution >= 0.6 is 0 Å². The maximum Gasteiger partial charge on any atom is 0.241 e. The van der Waals surface area contributed by atoms with E-state index in [1.54, 1.807) is 0 Å². The number of rotatable bonds is 22. The van der Waals surface area contributed by atoms with E-state index in [4.69, 9.17) is 0 Å². The third-order valence-electron chi connectivity index (χ3n) is 7.62. The first-order valence-electron chi connectivity index (χ1n) is 14.9. The summed E-state index contributed by atoms with van der Waals surface area (Å²) < 4.78 is 2.49. The number of imidazole rings is 1. The zero-order valence-corrected chi connectivity index (χ0v) is 22.7. The number of benzene rings is 1. The summed E-state index contributed by atoms with van der Waals surface area (Å²) in [7, 11) is 0. The Morgan fingerprint density at radius 2 is 1.18 bits per heavy atom. The van der Waals surface area contributed by atoms with Gasteiger partial charge in [0.2, 0.25) is 6.33 Å². The molecule has 2 aromatic rings. The van der Waals surface area contributed by atoms with Crippen LogP contribution in [0.5, 0.6) is 0 Å². The highest BCUT2D eigenvalue weighted by Gasteiger charge is 2.26. The van der Waals surface area contributed by atoms with Crippen molar-refractivity contribution < 1.29 is 4.57 Å². The van der Waals surface area contributed by atoms with Crippen LogP contribution in [0.4, 0.5) is 0 Å². The van der Waals surface area contributed by atoms with Crippen molar-refractivity contribution in [2.75, 3.05) is 0 Å². The molecule has 0 saturated heterocycles. The van der Waals surface area contributed by atoms with Crippen molar-refractivity contribution in [3.05, 3.63) is 54.6 Å². The molecule has 192 valence electrons. The lowest BCUT2D eigenvalue weighted by atomic mass is 9.84. The van der Waals surface area contributed by atoms with Crippen LogP contribution in [-0.4, -0.2) is 4.98 Å². The molecule has 2 nitrogen and oxygen atoms in total. The molecule has 0 aliphatic rings. The molecule has 0 amide bonds. The molecular weight excluding hydrogens is 412 g/mol. The molecule has 0 aliphatic carbocycles. The summed E-state index contributed by atoms with van der Waals surface area (Å²) in [6, 6.07) is 11.8. The van der Waals surface area contributed by atoms with Gasteiger partial charge in [-0.05, 0) is 31.2 Å².